The molecule has 0 aliphatic heterocycles. The van der Waals surface area contributed by atoms with Gasteiger partial charge in [0.05, 0.1) is 0 Å². The van der Waals surface area contributed by atoms with Crippen molar-refractivity contribution in [3.8, 4) is 0 Å². The van der Waals surface area contributed by atoms with Gasteiger partial charge in [-0.05, 0) is 32.4 Å². The minimum absolute atomic E-state index is 1.23. The number of hydrogen-bond acceptors (Lipinski definition) is 0. The third-order valence-electron chi connectivity index (χ3n) is 1.53. The van der Waals surface area contributed by atoms with E-state index >= 15 is 0 Å². The van der Waals surface area contributed by atoms with E-state index in [1.807, 2.05) is 12.4 Å². The van der Waals surface area contributed by atoms with Crippen LogP contribution in [0.4, 0.5) is 0 Å². The van der Waals surface area contributed by atoms with Crippen LogP contribution in [0.2, 0.25) is 0 Å². The average Bonchev–Trinajstić information content (AvgIpc) is 2.37. The van der Waals surface area contributed by atoms with Gasteiger partial charge in [0.25, 0.3) is 0 Å². The van der Waals surface area contributed by atoms with Crippen LogP contribution >= 0.6 is 0 Å². The molecule has 0 unspecified atom stereocenters. The summed E-state index contributed by atoms with van der Waals surface area (Å²) in [6.07, 6.45) is 8.25. The molecule has 1 heteroatoms. The first-order valence-corrected chi connectivity index (χ1v) is 4.14. The second-order valence-electron chi connectivity index (χ2n) is 3.25. The summed E-state index contributed by atoms with van der Waals surface area (Å²) in [6.45, 7) is 6.32. The van der Waals surface area contributed by atoms with Gasteiger partial charge in [-0.25, -0.2) is 0 Å². The second-order valence-corrected chi connectivity index (χ2v) is 3.25. The molecule has 0 saturated carbocycles. The van der Waals surface area contributed by atoms with Gasteiger partial charge >= 0.3 is 0 Å². The maximum Gasteiger partial charge on any atom is 0.00782 e. The average molecular weight is 161 g/mol. The lowest BCUT2D eigenvalue weighted by Gasteiger charge is -1.92. The maximum atomic E-state index is 3.02. The van der Waals surface area contributed by atoms with Crippen LogP contribution in [0.5, 0.6) is 0 Å². The molecule has 0 spiro atoms. The summed E-state index contributed by atoms with van der Waals surface area (Å²) in [5, 5.41) is 0. The number of rotatable bonds is 2. The molecule has 1 N–H and O–H groups in total. The van der Waals surface area contributed by atoms with Crippen molar-refractivity contribution in [3.63, 3.8) is 0 Å². The zero-order valence-corrected chi connectivity index (χ0v) is 7.89. The Labute approximate surface area is 73.8 Å². The molecule has 1 rings (SSSR count). The second kappa shape index (κ2) is 3.96. The van der Waals surface area contributed by atoms with E-state index in [1.54, 1.807) is 0 Å². The quantitative estimate of drug-likeness (QED) is 0.640. The summed E-state index contributed by atoms with van der Waals surface area (Å²) >= 11 is 0. The van der Waals surface area contributed by atoms with E-state index in [4.69, 9.17) is 0 Å². The molecular weight excluding hydrogens is 146 g/mol. The smallest absolute Gasteiger partial charge is 0.00782 e. The number of allylic oxidation sites excluding steroid dienone is 3. The van der Waals surface area contributed by atoms with Gasteiger partial charge < -0.3 is 4.98 Å². The van der Waals surface area contributed by atoms with Crippen LogP contribution < -0.4 is 0 Å². The van der Waals surface area contributed by atoms with Crippen LogP contribution in [-0.2, 0) is 0 Å². The first-order valence-electron chi connectivity index (χ1n) is 4.14. The Hall–Kier alpha value is -1.24. The minimum Gasteiger partial charge on any atom is -0.367 e. The van der Waals surface area contributed by atoms with Gasteiger partial charge in [-0.2, -0.15) is 0 Å². The van der Waals surface area contributed by atoms with Crippen LogP contribution in [0.25, 0.3) is 6.08 Å². The first-order chi connectivity index (χ1) is 5.68. The van der Waals surface area contributed by atoms with Crippen molar-refractivity contribution in [2.24, 2.45) is 0 Å². The molecule has 0 aliphatic carbocycles. The Bertz CT molecular complexity index is 285. The van der Waals surface area contributed by atoms with Crippen LogP contribution in [0.3, 0.4) is 0 Å². The van der Waals surface area contributed by atoms with E-state index in [0.717, 1.165) is 0 Å². The SMILES string of the molecule is CC(C)=CC(C)=Cc1cc[nH]c1. The molecule has 1 aromatic heterocycles. The van der Waals surface area contributed by atoms with Crippen molar-refractivity contribution in [1.29, 1.82) is 0 Å². The van der Waals surface area contributed by atoms with Crippen molar-refractivity contribution in [2.45, 2.75) is 20.8 Å². The fourth-order valence-electron chi connectivity index (χ4n) is 1.19. The highest BCUT2D eigenvalue weighted by molar-refractivity contribution is 5.54. The molecule has 0 radical (unpaired) electrons. The highest BCUT2D eigenvalue weighted by atomic mass is 14.6. The lowest BCUT2D eigenvalue weighted by atomic mass is 10.1. The number of aromatic nitrogens is 1. The fraction of sp³-hybridized carbons (Fsp3) is 0.273. The summed E-state index contributed by atoms with van der Waals surface area (Å²) in [4.78, 5) is 3.02. The maximum absolute atomic E-state index is 3.02. The first kappa shape index (κ1) is 8.85. The highest BCUT2D eigenvalue weighted by Gasteiger charge is 1.87. The number of nitrogens with one attached hydrogen (secondary N) is 1. The van der Waals surface area contributed by atoms with Crippen molar-refractivity contribution < 1.29 is 0 Å². The summed E-state index contributed by atoms with van der Waals surface area (Å²) < 4.78 is 0. The standard InChI is InChI=1S/C11H15N/c1-9(2)6-10(3)7-11-4-5-12-8-11/h4-8,12H,1-3H3. The summed E-state index contributed by atoms with van der Waals surface area (Å²) in [7, 11) is 0. The highest BCUT2D eigenvalue weighted by Crippen LogP contribution is 2.07. The van der Waals surface area contributed by atoms with Gasteiger partial charge in [-0.3, -0.25) is 0 Å². The molecule has 0 saturated heterocycles. The molecule has 64 valence electrons. The molecule has 1 nitrogen and oxygen atoms in total. The van der Waals surface area contributed by atoms with E-state index < -0.39 is 0 Å². The van der Waals surface area contributed by atoms with Crippen LogP contribution in [0, 0.1) is 0 Å². The zero-order valence-electron chi connectivity index (χ0n) is 7.89. The predicted octanol–water partition coefficient (Wildman–Crippen LogP) is 3.38. The Morgan fingerprint density at radius 1 is 1.33 bits per heavy atom. The van der Waals surface area contributed by atoms with Gasteiger partial charge in [0.2, 0.25) is 0 Å². The molecule has 0 bridgehead atoms. The van der Waals surface area contributed by atoms with Crippen molar-refractivity contribution in [1.82, 2.24) is 4.98 Å². The number of H-pyrrole nitrogens is 1. The van der Waals surface area contributed by atoms with E-state index in [0.29, 0.717) is 0 Å². The Balaban J connectivity index is 2.77. The van der Waals surface area contributed by atoms with E-state index in [-0.39, 0.29) is 0 Å². The van der Waals surface area contributed by atoms with E-state index in [2.05, 4.69) is 44.0 Å². The number of hydrogen-bond donors (Lipinski definition) is 1. The molecule has 0 amide bonds. The lowest BCUT2D eigenvalue weighted by molar-refractivity contribution is 1.36. The van der Waals surface area contributed by atoms with Gasteiger partial charge in [-0.15, -0.1) is 0 Å². The zero-order chi connectivity index (χ0) is 8.97. The topological polar surface area (TPSA) is 15.8 Å². The fourth-order valence-corrected chi connectivity index (χ4v) is 1.19. The van der Waals surface area contributed by atoms with Crippen LogP contribution in [0.15, 0.2) is 35.7 Å². The van der Waals surface area contributed by atoms with Gasteiger partial charge in [-0.1, -0.05) is 23.3 Å². The van der Waals surface area contributed by atoms with Crippen LogP contribution in [-0.4, -0.2) is 4.98 Å². The molecule has 1 aromatic rings. The molecule has 12 heavy (non-hydrogen) atoms. The molecular formula is C11H15N. The summed E-state index contributed by atoms with van der Waals surface area (Å²) in [6, 6.07) is 2.06. The van der Waals surface area contributed by atoms with Crippen molar-refractivity contribution >= 4 is 6.08 Å². The third-order valence-corrected chi connectivity index (χ3v) is 1.53. The molecule has 0 fully saturated rings. The largest absolute Gasteiger partial charge is 0.367 e. The monoisotopic (exact) mass is 161 g/mol. The summed E-state index contributed by atoms with van der Waals surface area (Å²) in [5.74, 6) is 0. The Morgan fingerprint density at radius 2 is 2.08 bits per heavy atom. The van der Waals surface area contributed by atoms with Crippen LogP contribution in [0.1, 0.15) is 26.3 Å². The number of aromatic amines is 1. The Morgan fingerprint density at radius 3 is 2.58 bits per heavy atom. The van der Waals surface area contributed by atoms with Gasteiger partial charge in [0.1, 0.15) is 0 Å². The van der Waals surface area contributed by atoms with Gasteiger partial charge in [0.15, 0.2) is 0 Å². The molecule has 0 aromatic carbocycles. The summed E-state index contributed by atoms with van der Waals surface area (Å²) in [5.41, 5.74) is 3.85. The van der Waals surface area contributed by atoms with Gasteiger partial charge in [0, 0.05) is 12.4 Å². The minimum atomic E-state index is 1.23. The third kappa shape index (κ3) is 2.79. The molecule has 0 atom stereocenters. The lowest BCUT2D eigenvalue weighted by Crippen LogP contribution is -1.71. The predicted molar refractivity (Wildman–Crippen MR) is 53.9 cm³/mol. The van der Waals surface area contributed by atoms with Crippen molar-refractivity contribution in [2.75, 3.05) is 0 Å². The van der Waals surface area contributed by atoms with E-state index in [9.17, 15) is 0 Å². The normalized spacial score (nSPS) is 11.4. The Kier molecular flexibility index (Phi) is 2.92. The molecule has 1 heterocycles. The van der Waals surface area contributed by atoms with Crippen molar-refractivity contribution in [3.05, 3.63) is 41.2 Å². The van der Waals surface area contributed by atoms with E-state index in [1.165, 1.54) is 16.7 Å². The molecule has 0 aliphatic rings.